The lowest BCUT2D eigenvalue weighted by Crippen LogP contribution is -2.08. The molecule has 0 aromatic carbocycles. The Bertz CT molecular complexity index is 426. The maximum Gasteiger partial charge on any atom is 0.203 e. The number of nitrogens with one attached hydrogen (secondary N) is 1. The van der Waals surface area contributed by atoms with Gasteiger partial charge < -0.3 is 9.88 Å². The summed E-state index contributed by atoms with van der Waals surface area (Å²) >= 11 is 0. The van der Waals surface area contributed by atoms with Crippen LogP contribution in [0.2, 0.25) is 0 Å². The van der Waals surface area contributed by atoms with Crippen molar-refractivity contribution in [1.82, 2.24) is 9.55 Å². The molecule has 0 amide bonds. The molecule has 0 aliphatic heterocycles. The van der Waals surface area contributed by atoms with E-state index < -0.39 is 0 Å². The van der Waals surface area contributed by atoms with Crippen LogP contribution >= 0.6 is 0 Å². The summed E-state index contributed by atoms with van der Waals surface area (Å²) in [5.74, 6) is 0.964. The van der Waals surface area contributed by atoms with Gasteiger partial charge in [0.1, 0.15) is 0 Å². The summed E-state index contributed by atoms with van der Waals surface area (Å²) in [4.78, 5) is 4.54. The quantitative estimate of drug-likeness (QED) is 0.808. The second-order valence-corrected chi connectivity index (χ2v) is 6.13. The van der Waals surface area contributed by atoms with Crippen LogP contribution in [0.3, 0.4) is 0 Å². The Morgan fingerprint density at radius 2 is 2.00 bits per heavy atom. The van der Waals surface area contributed by atoms with Gasteiger partial charge in [-0.25, -0.2) is 4.98 Å². The molecule has 1 fully saturated rings. The number of anilines is 1. The topological polar surface area (TPSA) is 29.9 Å². The van der Waals surface area contributed by atoms with E-state index in [0.29, 0.717) is 16.9 Å². The van der Waals surface area contributed by atoms with E-state index in [0.717, 1.165) is 18.2 Å². The molecule has 0 spiro atoms. The summed E-state index contributed by atoms with van der Waals surface area (Å²) < 4.78 is 2.29. The van der Waals surface area contributed by atoms with Crippen molar-refractivity contribution in [2.75, 3.05) is 11.9 Å². The number of hydrogen-bond donors (Lipinski definition) is 1. The number of nitrogens with zero attached hydrogens (tertiary/aromatic N) is 2. The number of imidazole rings is 1. The average molecular weight is 233 g/mol. The Labute approximate surface area is 104 Å². The largest absolute Gasteiger partial charge is 0.352 e. The lowest BCUT2D eigenvalue weighted by atomic mass is 10.0. The zero-order valence-corrected chi connectivity index (χ0v) is 11.5. The first-order valence-corrected chi connectivity index (χ1v) is 6.22. The summed E-state index contributed by atoms with van der Waals surface area (Å²) in [5.41, 5.74) is 1.71. The third-order valence-electron chi connectivity index (χ3n) is 4.48. The highest BCUT2D eigenvalue weighted by molar-refractivity contribution is 5.34. The number of hydrogen-bond acceptors (Lipinski definition) is 2. The molecule has 0 atom stereocenters. The molecule has 3 nitrogen and oxygen atoms in total. The molecule has 1 saturated carbocycles. The SMILES string of the molecule is C=CCNc1nc(C)cn1C1C(C)(C)C1(C)C. The summed E-state index contributed by atoms with van der Waals surface area (Å²) in [6.45, 7) is 15.8. The molecular weight excluding hydrogens is 210 g/mol. The van der Waals surface area contributed by atoms with Crippen molar-refractivity contribution >= 4 is 5.95 Å². The molecule has 1 aliphatic carbocycles. The molecule has 0 bridgehead atoms. The van der Waals surface area contributed by atoms with Crippen LogP contribution in [0.1, 0.15) is 39.4 Å². The van der Waals surface area contributed by atoms with Crippen LogP contribution in [0.5, 0.6) is 0 Å². The van der Waals surface area contributed by atoms with E-state index in [4.69, 9.17) is 0 Å². The van der Waals surface area contributed by atoms with Crippen molar-refractivity contribution < 1.29 is 0 Å². The maximum atomic E-state index is 4.54. The van der Waals surface area contributed by atoms with Crippen molar-refractivity contribution in [3.05, 3.63) is 24.5 Å². The van der Waals surface area contributed by atoms with Gasteiger partial charge in [0.15, 0.2) is 0 Å². The van der Waals surface area contributed by atoms with Gasteiger partial charge in [-0.15, -0.1) is 6.58 Å². The van der Waals surface area contributed by atoms with Gasteiger partial charge in [0, 0.05) is 18.8 Å². The Morgan fingerprint density at radius 3 is 2.47 bits per heavy atom. The summed E-state index contributed by atoms with van der Waals surface area (Å²) in [7, 11) is 0. The third kappa shape index (κ3) is 1.68. The van der Waals surface area contributed by atoms with Crippen LogP contribution in [-0.4, -0.2) is 16.1 Å². The van der Waals surface area contributed by atoms with E-state index in [9.17, 15) is 0 Å². The first kappa shape index (κ1) is 12.2. The molecule has 0 unspecified atom stereocenters. The molecule has 0 saturated heterocycles. The fourth-order valence-corrected chi connectivity index (χ4v) is 2.86. The number of rotatable bonds is 4. The van der Waals surface area contributed by atoms with Gasteiger partial charge in [0.2, 0.25) is 5.95 Å². The second-order valence-electron chi connectivity index (χ2n) is 6.13. The minimum Gasteiger partial charge on any atom is -0.352 e. The minimum atomic E-state index is 0.324. The highest BCUT2D eigenvalue weighted by Gasteiger charge is 2.66. The number of aromatic nitrogens is 2. The fourth-order valence-electron chi connectivity index (χ4n) is 2.86. The molecule has 1 N–H and O–H groups in total. The highest BCUT2D eigenvalue weighted by Crippen LogP contribution is 2.71. The predicted molar refractivity (Wildman–Crippen MR) is 72.2 cm³/mol. The van der Waals surface area contributed by atoms with Crippen LogP contribution in [0.15, 0.2) is 18.9 Å². The summed E-state index contributed by atoms with van der Waals surface area (Å²) in [6.07, 6.45) is 4.00. The zero-order chi connectivity index (χ0) is 12.8. The van der Waals surface area contributed by atoms with E-state index in [1.165, 1.54) is 0 Å². The normalized spacial score (nSPS) is 21.2. The molecule has 17 heavy (non-hydrogen) atoms. The average Bonchev–Trinajstić information content (AvgIpc) is 2.53. The molecular formula is C14H23N3. The van der Waals surface area contributed by atoms with Crippen molar-refractivity contribution in [2.45, 2.75) is 40.7 Å². The molecule has 0 radical (unpaired) electrons. The monoisotopic (exact) mass is 233 g/mol. The van der Waals surface area contributed by atoms with Gasteiger partial charge in [-0.2, -0.15) is 0 Å². The molecule has 1 aromatic heterocycles. The predicted octanol–water partition coefficient (Wildman–Crippen LogP) is 3.40. The summed E-state index contributed by atoms with van der Waals surface area (Å²) in [6, 6.07) is 0.517. The van der Waals surface area contributed by atoms with Gasteiger partial charge in [-0.05, 0) is 17.8 Å². The molecule has 1 aliphatic rings. The number of aryl methyl sites for hydroxylation is 1. The van der Waals surface area contributed by atoms with E-state index in [2.05, 4.69) is 55.3 Å². The van der Waals surface area contributed by atoms with E-state index >= 15 is 0 Å². The molecule has 3 heteroatoms. The first-order valence-electron chi connectivity index (χ1n) is 6.22. The van der Waals surface area contributed by atoms with Crippen LogP contribution in [0.25, 0.3) is 0 Å². The van der Waals surface area contributed by atoms with Gasteiger partial charge in [0.25, 0.3) is 0 Å². The van der Waals surface area contributed by atoms with Crippen LogP contribution in [-0.2, 0) is 0 Å². The highest BCUT2D eigenvalue weighted by atomic mass is 15.3. The van der Waals surface area contributed by atoms with E-state index in [1.807, 2.05) is 13.0 Å². The van der Waals surface area contributed by atoms with Crippen LogP contribution in [0.4, 0.5) is 5.95 Å². The lowest BCUT2D eigenvalue weighted by Gasteiger charge is -2.10. The Morgan fingerprint density at radius 1 is 1.41 bits per heavy atom. The molecule has 2 rings (SSSR count). The van der Waals surface area contributed by atoms with E-state index in [-0.39, 0.29) is 0 Å². The molecule has 1 heterocycles. The lowest BCUT2D eigenvalue weighted by molar-refractivity contribution is 0.457. The summed E-state index contributed by atoms with van der Waals surface area (Å²) in [5, 5.41) is 3.31. The van der Waals surface area contributed by atoms with Crippen LogP contribution < -0.4 is 5.32 Å². The Hall–Kier alpha value is -1.25. The van der Waals surface area contributed by atoms with Gasteiger partial charge in [-0.1, -0.05) is 33.8 Å². The Kier molecular flexibility index (Phi) is 2.60. The van der Waals surface area contributed by atoms with Crippen molar-refractivity contribution in [2.24, 2.45) is 10.8 Å². The van der Waals surface area contributed by atoms with Crippen molar-refractivity contribution in [3.63, 3.8) is 0 Å². The fraction of sp³-hybridized carbons (Fsp3) is 0.643. The first-order chi connectivity index (χ1) is 7.82. The van der Waals surface area contributed by atoms with Crippen LogP contribution in [0, 0.1) is 17.8 Å². The van der Waals surface area contributed by atoms with E-state index in [1.54, 1.807) is 0 Å². The zero-order valence-electron chi connectivity index (χ0n) is 11.5. The third-order valence-corrected chi connectivity index (χ3v) is 4.48. The van der Waals surface area contributed by atoms with Gasteiger partial charge in [0.05, 0.1) is 5.69 Å². The maximum absolute atomic E-state index is 4.54. The minimum absolute atomic E-state index is 0.324. The van der Waals surface area contributed by atoms with Crippen molar-refractivity contribution in [1.29, 1.82) is 0 Å². The molecule has 94 valence electrons. The van der Waals surface area contributed by atoms with Gasteiger partial charge >= 0.3 is 0 Å². The van der Waals surface area contributed by atoms with Crippen molar-refractivity contribution in [3.8, 4) is 0 Å². The smallest absolute Gasteiger partial charge is 0.203 e. The second kappa shape index (κ2) is 3.62. The Balaban J connectivity index is 2.31. The molecule has 1 aromatic rings. The standard InChI is InChI=1S/C14H23N3/c1-7-8-15-12-16-10(2)9-17(12)11-13(3,4)14(11,5)6/h7,9,11H,1,8H2,2-6H3,(H,15,16). The van der Waals surface area contributed by atoms with Gasteiger partial charge in [-0.3, -0.25) is 0 Å².